The van der Waals surface area contributed by atoms with Crippen molar-refractivity contribution in [3.8, 4) is 34.0 Å². The van der Waals surface area contributed by atoms with Crippen LogP contribution in [0.3, 0.4) is 0 Å². The quantitative estimate of drug-likeness (QED) is 0.0637. The summed E-state index contributed by atoms with van der Waals surface area (Å²) >= 11 is 1.90. The van der Waals surface area contributed by atoms with Crippen molar-refractivity contribution >= 4 is 34.5 Å². The third-order valence-electron chi connectivity index (χ3n) is 19.5. The maximum absolute atomic E-state index is 13.2. The van der Waals surface area contributed by atoms with E-state index >= 15 is 0 Å². The minimum atomic E-state index is -0.844. The lowest BCUT2D eigenvalue weighted by Gasteiger charge is -2.38. The van der Waals surface area contributed by atoms with Crippen LogP contribution in [0.4, 0.5) is 22.7 Å². The molecule has 4 aliphatic heterocycles. The summed E-state index contributed by atoms with van der Waals surface area (Å²) in [6.07, 6.45) is 11.5. The van der Waals surface area contributed by atoms with Gasteiger partial charge in [-0.2, -0.15) is 40.2 Å². The topological polar surface area (TPSA) is 197 Å². The van der Waals surface area contributed by atoms with Gasteiger partial charge in [-0.15, -0.1) is 11.8 Å². The van der Waals surface area contributed by atoms with E-state index < -0.39 is 10.6 Å². The lowest BCUT2D eigenvalue weighted by molar-refractivity contribution is -0.0819. The summed E-state index contributed by atoms with van der Waals surface area (Å²) in [5, 5.41) is 30.5. The van der Waals surface area contributed by atoms with Crippen molar-refractivity contribution < 1.29 is 14.2 Å². The SMILES string of the molecule is CCC(C)n1ncn(-c2ccc(N3CCN(c4ccc(OC[C@H]5CS[C@](Cn6nccn6)(c6ccc(-c7cc(N8CCN(c9ccc(-n%10cnn(C(C)CC)c%10=O)cc9)CC8)ccc7OC[C@H]7CN[C@](Cn8nccn8)(c8ccccc8)O7)cc6)N5C)cc4)CC3)cc2)c1=O. The van der Waals surface area contributed by atoms with Crippen molar-refractivity contribution in [2.75, 3.05) is 105 Å². The predicted molar refractivity (Wildman–Crippen MR) is 371 cm³/mol. The lowest BCUT2D eigenvalue weighted by atomic mass is 9.97. The maximum atomic E-state index is 13.2. The number of thioether (sulfide) groups is 1. The highest BCUT2D eigenvalue weighted by atomic mass is 32.2. The van der Waals surface area contributed by atoms with Gasteiger partial charge in [-0.05, 0) is 136 Å². The number of hydrogen-bond acceptors (Lipinski definition) is 18. The molecule has 4 aliphatic rings. The minimum absolute atomic E-state index is 0.0293. The highest BCUT2D eigenvalue weighted by Gasteiger charge is 2.48. The Balaban J connectivity index is 0.657. The van der Waals surface area contributed by atoms with Gasteiger partial charge in [0.15, 0.2) is 5.72 Å². The number of rotatable bonds is 23. The summed E-state index contributed by atoms with van der Waals surface area (Å²) in [5.74, 6) is 2.45. The molecule has 95 heavy (non-hydrogen) atoms. The summed E-state index contributed by atoms with van der Waals surface area (Å²) in [6, 6.07) is 50.8. The van der Waals surface area contributed by atoms with Crippen molar-refractivity contribution in [1.29, 1.82) is 0 Å². The van der Waals surface area contributed by atoms with Crippen LogP contribution in [0.25, 0.3) is 22.5 Å². The average molecular weight is 1300 g/mol. The molecule has 23 nitrogen and oxygen atoms in total. The Bertz CT molecular complexity index is 4260. The standard InChI is InChI=1S/C71H82N18O5S/c1-6-52(3)88-68(90)84(50-77-88)60-21-17-57(18-22-60)80-35-37-82(38-36-80)59-25-28-64(29-26-59)92-45-63-47-95-71(79(63)5,49-87-75-33-34-76-87)56-15-13-54(14-16-56)66-43-62(83-41-39-81(40-42-83)58-19-23-61(24-20-58)85-51-78-89(69(85)91)53(4)7-2)27-30-67(66)93-46-65-44-72-70(94-65,48-86-73-31-32-74-86)55-11-9-8-10-12-55/h8-34,43,50-53,63,65,72H,6-7,35-42,44-49H2,1-5H3/t52?,53?,63-,65+,70-,71+/m0/s1. The molecule has 0 aliphatic carbocycles. The van der Waals surface area contributed by atoms with Gasteiger partial charge >= 0.3 is 11.4 Å². The first-order valence-corrected chi connectivity index (χ1v) is 34.1. The summed E-state index contributed by atoms with van der Waals surface area (Å²) < 4.78 is 26.8. The summed E-state index contributed by atoms with van der Waals surface area (Å²) in [5.41, 5.74) is 9.21. The Morgan fingerprint density at radius 3 is 1.56 bits per heavy atom. The number of nitrogens with one attached hydrogen (secondary N) is 1. The largest absolute Gasteiger partial charge is 0.492 e. The fraction of sp³-hybridized carbons (Fsp3) is 0.380. The molecule has 6 atom stereocenters. The molecule has 14 rings (SSSR count). The van der Waals surface area contributed by atoms with Crippen LogP contribution in [-0.2, 0) is 28.4 Å². The van der Waals surface area contributed by atoms with E-state index in [-0.39, 0.29) is 35.6 Å². The van der Waals surface area contributed by atoms with Gasteiger partial charge in [-0.3, -0.25) is 10.2 Å². The number of benzene rings is 6. The molecule has 4 saturated heterocycles. The molecular weight excluding hydrogens is 1220 g/mol. The lowest BCUT2D eigenvalue weighted by Crippen LogP contribution is -2.46. The first-order chi connectivity index (χ1) is 46.4. The number of anilines is 4. The maximum Gasteiger partial charge on any atom is 0.350 e. The van der Waals surface area contributed by atoms with Crippen LogP contribution < -0.4 is 45.8 Å². The number of aromatic nitrogens is 12. The van der Waals surface area contributed by atoms with Crippen LogP contribution in [0.1, 0.15) is 63.7 Å². The highest BCUT2D eigenvalue weighted by molar-refractivity contribution is 8.00. The highest BCUT2D eigenvalue weighted by Crippen LogP contribution is 2.49. The van der Waals surface area contributed by atoms with Crippen LogP contribution in [0, 0.1) is 0 Å². The Morgan fingerprint density at radius 1 is 0.547 bits per heavy atom. The number of nitrogens with zero attached hydrogens (tertiary/aromatic N) is 17. The van der Waals surface area contributed by atoms with Crippen molar-refractivity contribution in [2.45, 2.75) is 88.5 Å². The van der Waals surface area contributed by atoms with Gasteiger partial charge in [0.05, 0.1) is 60.8 Å². The van der Waals surface area contributed by atoms with Gasteiger partial charge in [-0.1, -0.05) is 68.4 Å². The van der Waals surface area contributed by atoms with Crippen molar-refractivity contribution in [3.05, 3.63) is 215 Å². The zero-order chi connectivity index (χ0) is 65.0. The molecule has 1 N–H and O–H groups in total. The third kappa shape index (κ3) is 13.0. The fourth-order valence-corrected chi connectivity index (χ4v) is 15.1. The number of piperazine rings is 2. The number of ether oxygens (including phenoxy) is 3. The smallest absolute Gasteiger partial charge is 0.350 e. The molecule has 6 aromatic carbocycles. The number of likely N-dealkylation sites (N-methyl/N-ethyl adjacent to an activating group) is 1. The van der Waals surface area contributed by atoms with Gasteiger partial charge in [0.25, 0.3) is 0 Å². The Hall–Kier alpha value is -9.49. The first-order valence-electron chi connectivity index (χ1n) is 33.1. The van der Waals surface area contributed by atoms with Gasteiger partial charge < -0.3 is 33.8 Å². The number of hydrogen-bond donors (Lipinski definition) is 1. The molecular formula is C71H82N18O5S. The van der Waals surface area contributed by atoms with Crippen LogP contribution in [0.15, 0.2) is 193 Å². The second-order valence-corrected chi connectivity index (χ2v) is 26.4. The zero-order valence-corrected chi connectivity index (χ0v) is 55.3. The van der Waals surface area contributed by atoms with E-state index in [0.717, 1.165) is 133 Å². The Kier molecular flexibility index (Phi) is 18.2. The van der Waals surface area contributed by atoms with E-state index in [1.54, 1.807) is 65.5 Å². The monoisotopic (exact) mass is 1300 g/mol. The van der Waals surface area contributed by atoms with E-state index in [9.17, 15) is 9.59 Å². The average Bonchev–Trinajstić information content (AvgIpc) is 1.69. The molecule has 0 spiro atoms. The molecule has 0 saturated carbocycles. The molecule has 8 heterocycles. The Labute approximate surface area is 557 Å². The molecule has 0 radical (unpaired) electrons. The van der Waals surface area contributed by atoms with Crippen LogP contribution >= 0.6 is 11.8 Å². The van der Waals surface area contributed by atoms with Gasteiger partial charge in [0.2, 0.25) is 0 Å². The third-order valence-corrected chi connectivity index (χ3v) is 21.2. The van der Waals surface area contributed by atoms with Gasteiger partial charge in [-0.25, -0.2) is 28.1 Å². The van der Waals surface area contributed by atoms with E-state index in [1.807, 2.05) is 68.1 Å². The molecule has 4 aromatic heterocycles. The fourth-order valence-electron chi connectivity index (χ4n) is 13.4. The first kappa shape index (κ1) is 62.9. The van der Waals surface area contributed by atoms with Crippen LogP contribution in [0.5, 0.6) is 11.5 Å². The van der Waals surface area contributed by atoms with Crippen molar-refractivity contribution in [2.24, 2.45) is 0 Å². The van der Waals surface area contributed by atoms with E-state index in [0.29, 0.717) is 32.8 Å². The van der Waals surface area contributed by atoms with Crippen LogP contribution in [-0.4, -0.2) is 161 Å². The van der Waals surface area contributed by atoms with Crippen molar-refractivity contribution in [3.63, 3.8) is 0 Å². The minimum Gasteiger partial charge on any atom is -0.492 e. The molecule has 0 amide bonds. The van der Waals surface area contributed by atoms with E-state index in [4.69, 9.17) is 14.2 Å². The summed E-state index contributed by atoms with van der Waals surface area (Å²) in [4.78, 5) is 41.3. The zero-order valence-electron chi connectivity index (χ0n) is 54.5. The normalized spacial score (nSPS) is 20.8. The second-order valence-electron chi connectivity index (χ2n) is 25.1. The molecule has 4 fully saturated rings. The van der Waals surface area contributed by atoms with Crippen molar-refractivity contribution in [1.82, 2.24) is 68.9 Å². The molecule has 2 unspecified atom stereocenters. The van der Waals surface area contributed by atoms with E-state index in [2.05, 4.69) is 184 Å². The van der Waals surface area contributed by atoms with Gasteiger partial charge in [0, 0.05) is 98.5 Å². The molecule has 0 bridgehead atoms. The second kappa shape index (κ2) is 27.5. The van der Waals surface area contributed by atoms with Gasteiger partial charge in [0.1, 0.15) is 54.9 Å². The van der Waals surface area contributed by atoms with Crippen LogP contribution in [0.2, 0.25) is 0 Å². The molecule has 24 heteroatoms. The Morgan fingerprint density at radius 2 is 1.03 bits per heavy atom. The molecule has 10 aromatic rings. The summed E-state index contributed by atoms with van der Waals surface area (Å²) in [7, 11) is 2.20. The summed E-state index contributed by atoms with van der Waals surface area (Å²) in [6.45, 7) is 17.3. The predicted octanol–water partition coefficient (Wildman–Crippen LogP) is 8.73. The van der Waals surface area contributed by atoms with E-state index in [1.165, 1.54) is 5.69 Å². The molecule has 492 valence electrons.